The molecule has 0 aromatic carbocycles. The van der Waals surface area contributed by atoms with Crippen LogP contribution >= 0.6 is 0 Å². The van der Waals surface area contributed by atoms with Crippen LogP contribution in [-0.2, 0) is 9.59 Å². The van der Waals surface area contributed by atoms with Gasteiger partial charge >= 0.3 is 0 Å². The summed E-state index contributed by atoms with van der Waals surface area (Å²) in [6.07, 6.45) is 8.75. The Labute approximate surface area is 184 Å². The Balaban J connectivity index is 1.76. The third-order valence-corrected chi connectivity index (χ3v) is 6.75. The molecule has 2 amide bonds. The highest BCUT2D eigenvalue weighted by atomic mass is 16.2. The van der Waals surface area contributed by atoms with Gasteiger partial charge in [0.05, 0.1) is 11.8 Å². The van der Waals surface area contributed by atoms with Crippen molar-refractivity contribution >= 4 is 11.8 Å². The first kappa shape index (κ1) is 24.9. The predicted molar refractivity (Wildman–Crippen MR) is 123 cm³/mol. The van der Waals surface area contributed by atoms with Gasteiger partial charge in [-0.25, -0.2) is 0 Å². The van der Waals surface area contributed by atoms with E-state index in [9.17, 15) is 9.59 Å². The van der Waals surface area contributed by atoms with E-state index in [-0.39, 0.29) is 11.8 Å². The summed E-state index contributed by atoms with van der Waals surface area (Å²) in [7, 11) is 0. The van der Waals surface area contributed by atoms with Crippen LogP contribution in [0.25, 0.3) is 0 Å². The zero-order valence-corrected chi connectivity index (χ0v) is 19.8. The lowest BCUT2D eigenvalue weighted by Crippen LogP contribution is -2.45. The van der Waals surface area contributed by atoms with Crippen LogP contribution < -0.4 is 0 Å². The number of hydrogen-bond acceptors (Lipinski definition) is 4. The van der Waals surface area contributed by atoms with Crippen molar-refractivity contribution in [2.75, 3.05) is 65.4 Å². The van der Waals surface area contributed by atoms with E-state index >= 15 is 0 Å². The number of hydrogen-bond donors (Lipinski definition) is 0. The Kier molecular flexibility index (Phi) is 10.9. The zero-order valence-electron chi connectivity index (χ0n) is 19.8. The first-order valence-electron chi connectivity index (χ1n) is 12.2. The first-order valence-corrected chi connectivity index (χ1v) is 12.2. The molecule has 6 heteroatoms. The number of nitrogens with zero attached hydrogens (tertiary/aromatic N) is 4. The molecule has 2 saturated heterocycles. The Morgan fingerprint density at radius 3 is 1.43 bits per heavy atom. The Morgan fingerprint density at radius 2 is 1.10 bits per heavy atom. The maximum Gasteiger partial charge on any atom is 0.226 e. The van der Waals surface area contributed by atoms with E-state index in [2.05, 4.69) is 49.6 Å². The molecule has 2 aliphatic heterocycles. The van der Waals surface area contributed by atoms with Gasteiger partial charge in [0, 0.05) is 52.4 Å². The third kappa shape index (κ3) is 7.09. The van der Waals surface area contributed by atoms with E-state index in [0.717, 1.165) is 91.1 Å². The topological polar surface area (TPSA) is 47.1 Å². The standard InChI is InChI=1S/C24H44N4O2/c1-5-27(6-2)23(29)21-13-11-17-25(19-21)15-9-10-16-26-18-12-14-22(20-26)24(30)28(7-3)8-4/h9-10,21-22H,5-8,11-20H2,1-4H3/b10-9-. The third-order valence-electron chi connectivity index (χ3n) is 6.75. The summed E-state index contributed by atoms with van der Waals surface area (Å²) in [4.78, 5) is 34.1. The predicted octanol–water partition coefficient (Wildman–Crippen LogP) is 2.70. The molecular weight excluding hydrogens is 376 g/mol. The molecular formula is C24H44N4O2. The van der Waals surface area contributed by atoms with E-state index in [1.54, 1.807) is 0 Å². The maximum absolute atomic E-state index is 12.7. The summed E-state index contributed by atoms with van der Waals surface area (Å²) in [5, 5.41) is 0. The summed E-state index contributed by atoms with van der Waals surface area (Å²) >= 11 is 0. The smallest absolute Gasteiger partial charge is 0.226 e. The summed E-state index contributed by atoms with van der Waals surface area (Å²) in [5.41, 5.74) is 0. The SMILES string of the molecule is CCN(CC)C(=O)C1CCCN(C/C=C\CN2CCCC(C(=O)N(CC)CC)C2)C1. The van der Waals surface area contributed by atoms with Gasteiger partial charge in [-0.15, -0.1) is 0 Å². The summed E-state index contributed by atoms with van der Waals surface area (Å²) in [6, 6.07) is 0. The normalized spacial score (nSPS) is 23.6. The fourth-order valence-corrected chi connectivity index (χ4v) is 4.88. The quantitative estimate of drug-likeness (QED) is 0.510. The summed E-state index contributed by atoms with van der Waals surface area (Å²) in [6.45, 7) is 17.2. The zero-order chi connectivity index (χ0) is 21.9. The van der Waals surface area contributed by atoms with Crippen molar-refractivity contribution in [1.29, 1.82) is 0 Å². The molecule has 0 bridgehead atoms. The van der Waals surface area contributed by atoms with Gasteiger partial charge in [-0.3, -0.25) is 19.4 Å². The van der Waals surface area contributed by atoms with Gasteiger partial charge in [0.2, 0.25) is 11.8 Å². The highest BCUT2D eigenvalue weighted by Gasteiger charge is 2.29. The molecule has 2 unspecified atom stereocenters. The van der Waals surface area contributed by atoms with E-state index in [1.807, 2.05) is 9.80 Å². The van der Waals surface area contributed by atoms with Crippen LogP contribution in [0.1, 0.15) is 53.4 Å². The minimum atomic E-state index is 0.154. The average molecular weight is 421 g/mol. The van der Waals surface area contributed by atoms with Crippen molar-refractivity contribution in [3.63, 3.8) is 0 Å². The minimum Gasteiger partial charge on any atom is -0.343 e. The lowest BCUT2D eigenvalue weighted by Gasteiger charge is -2.34. The molecule has 0 radical (unpaired) electrons. The molecule has 2 heterocycles. The number of carbonyl (C=O) groups is 2. The van der Waals surface area contributed by atoms with E-state index in [1.165, 1.54) is 0 Å². The van der Waals surface area contributed by atoms with Crippen LogP contribution in [0.15, 0.2) is 12.2 Å². The van der Waals surface area contributed by atoms with Crippen molar-refractivity contribution in [3.05, 3.63) is 12.2 Å². The number of carbonyl (C=O) groups excluding carboxylic acids is 2. The molecule has 0 spiro atoms. The van der Waals surface area contributed by atoms with Gasteiger partial charge in [-0.2, -0.15) is 0 Å². The number of amides is 2. The molecule has 0 aromatic rings. The van der Waals surface area contributed by atoms with Crippen molar-refractivity contribution < 1.29 is 9.59 Å². The molecule has 30 heavy (non-hydrogen) atoms. The molecule has 0 saturated carbocycles. The number of likely N-dealkylation sites (tertiary alicyclic amines) is 2. The van der Waals surface area contributed by atoms with Crippen LogP contribution in [0.4, 0.5) is 0 Å². The molecule has 172 valence electrons. The lowest BCUT2D eigenvalue weighted by molar-refractivity contribution is -0.137. The van der Waals surface area contributed by atoms with Gasteiger partial charge in [0.15, 0.2) is 0 Å². The lowest BCUT2D eigenvalue weighted by atomic mass is 9.96. The highest BCUT2D eigenvalue weighted by Crippen LogP contribution is 2.20. The van der Waals surface area contributed by atoms with Crippen molar-refractivity contribution in [2.45, 2.75) is 53.4 Å². The Hall–Kier alpha value is -1.40. The largest absolute Gasteiger partial charge is 0.343 e. The molecule has 6 nitrogen and oxygen atoms in total. The van der Waals surface area contributed by atoms with E-state index in [4.69, 9.17) is 0 Å². The van der Waals surface area contributed by atoms with Crippen LogP contribution in [-0.4, -0.2) is 96.9 Å². The molecule has 2 rings (SSSR count). The summed E-state index contributed by atoms with van der Waals surface area (Å²) < 4.78 is 0. The van der Waals surface area contributed by atoms with Crippen LogP contribution in [0.3, 0.4) is 0 Å². The van der Waals surface area contributed by atoms with Gasteiger partial charge in [0.25, 0.3) is 0 Å². The molecule has 2 atom stereocenters. The molecule has 0 aliphatic carbocycles. The van der Waals surface area contributed by atoms with Crippen molar-refractivity contribution in [3.8, 4) is 0 Å². The van der Waals surface area contributed by atoms with Crippen molar-refractivity contribution in [1.82, 2.24) is 19.6 Å². The van der Waals surface area contributed by atoms with Crippen LogP contribution in [0.5, 0.6) is 0 Å². The van der Waals surface area contributed by atoms with Gasteiger partial charge < -0.3 is 9.80 Å². The van der Waals surface area contributed by atoms with Crippen molar-refractivity contribution in [2.24, 2.45) is 11.8 Å². The molecule has 0 aromatic heterocycles. The number of piperidine rings is 2. The van der Waals surface area contributed by atoms with Gasteiger partial charge in [-0.1, -0.05) is 12.2 Å². The highest BCUT2D eigenvalue weighted by molar-refractivity contribution is 5.79. The van der Waals surface area contributed by atoms with Gasteiger partial charge in [-0.05, 0) is 66.5 Å². The maximum atomic E-state index is 12.7. The average Bonchev–Trinajstić information content (AvgIpc) is 2.78. The van der Waals surface area contributed by atoms with Gasteiger partial charge in [0.1, 0.15) is 0 Å². The fraction of sp³-hybridized carbons (Fsp3) is 0.833. The monoisotopic (exact) mass is 420 g/mol. The van der Waals surface area contributed by atoms with Crippen LogP contribution in [0, 0.1) is 11.8 Å². The Bertz CT molecular complexity index is 509. The fourth-order valence-electron chi connectivity index (χ4n) is 4.88. The molecule has 2 aliphatic rings. The molecule has 0 N–H and O–H groups in total. The summed E-state index contributed by atoms with van der Waals surface area (Å²) in [5.74, 6) is 0.957. The second-order valence-corrected chi connectivity index (χ2v) is 8.69. The Morgan fingerprint density at radius 1 is 0.733 bits per heavy atom. The first-order chi connectivity index (χ1) is 14.5. The number of rotatable bonds is 10. The van der Waals surface area contributed by atoms with Crippen LogP contribution in [0.2, 0.25) is 0 Å². The molecule has 2 fully saturated rings. The minimum absolute atomic E-state index is 0.154. The van der Waals surface area contributed by atoms with E-state index in [0.29, 0.717) is 11.8 Å². The van der Waals surface area contributed by atoms with E-state index < -0.39 is 0 Å². The second-order valence-electron chi connectivity index (χ2n) is 8.69. The second kappa shape index (κ2) is 13.1.